The number of fused-ring (bicyclic) bond motifs is 2. The second-order valence-corrected chi connectivity index (χ2v) is 6.77. The maximum Gasteiger partial charge on any atom is -0.00934 e. The van der Waals surface area contributed by atoms with E-state index >= 15 is 0 Å². The molecule has 0 bridgehead atoms. The predicted octanol–water partition coefficient (Wildman–Crippen LogP) is 7.49. The van der Waals surface area contributed by atoms with E-state index in [0.717, 1.165) is 0 Å². The van der Waals surface area contributed by atoms with Crippen LogP contribution in [0.25, 0.3) is 21.5 Å². The molecule has 24 heavy (non-hydrogen) atoms. The van der Waals surface area contributed by atoms with Crippen LogP contribution >= 0.6 is 22.7 Å². The Hall–Kier alpha value is -2.42. The quantitative estimate of drug-likeness (QED) is 0.255. The lowest BCUT2D eigenvalue weighted by molar-refractivity contribution is 1.76. The van der Waals surface area contributed by atoms with E-state index in [9.17, 15) is 0 Å². The van der Waals surface area contributed by atoms with E-state index in [4.69, 9.17) is 0 Å². The van der Waals surface area contributed by atoms with Gasteiger partial charge in [0, 0.05) is 0 Å². The summed E-state index contributed by atoms with van der Waals surface area (Å²) in [6.45, 7) is 0. The summed E-state index contributed by atoms with van der Waals surface area (Å²) in [5, 5.41) is 13.4. The largest absolute Gasteiger partial charge is 0.152 e. The Labute approximate surface area is 150 Å². The Morgan fingerprint density at radius 3 is 0.875 bits per heavy atom. The third-order valence-corrected chi connectivity index (χ3v) is 4.72. The first-order valence-corrected chi connectivity index (χ1v) is 9.64. The maximum atomic E-state index is 2.24. The first-order chi connectivity index (χ1) is 11.9. The predicted molar refractivity (Wildman–Crippen MR) is 110 cm³/mol. The summed E-state index contributed by atoms with van der Waals surface area (Å²) in [4.78, 5) is 0. The molecule has 0 aliphatic heterocycles. The molecule has 0 radical (unpaired) electrons. The lowest BCUT2D eigenvalue weighted by atomic mass is 10.0. The van der Waals surface area contributed by atoms with Crippen molar-refractivity contribution < 1.29 is 0 Å². The van der Waals surface area contributed by atoms with E-state index in [1.165, 1.54) is 21.5 Å². The normalized spacial score (nSPS) is 9.67. The average Bonchev–Trinajstić information content (AvgIpc) is 3.38. The van der Waals surface area contributed by atoms with Crippen LogP contribution in [0, 0.1) is 0 Å². The van der Waals surface area contributed by atoms with Gasteiger partial charge in [-0.1, -0.05) is 72.8 Å². The first-order valence-electron chi connectivity index (χ1n) is 7.75. The van der Waals surface area contributed by atoms with Gasteiger partial charge >= 0.3 is 0 Å². The van der Waals surface area contributed by atoms with Crippen LogP contribution in [0.4, 0.5) is 0 Å². The molecule has 118 valence electrons. The van der Waals surface area contributed by atoms with Crippen LogP contribution in [-0.2, 0) is 0 Å². The van der Waals surface area contributed by atoms with Crippen molar-refractivity contribution in [3.63, 3.8) is 0 Å². The molecular weight excluding hydrogens is 328 g/mol. The molecule has 2 aromatic heterocycles. The molecule has 0 saturated heterocycles. The van der Waals surface area contributed by atoms with E-state index < -0.39 is 0 Å². The van der Waals surface area contributed by atoms with Crippen molar-refractivity contribution in [2.75, 3.05) is 0 Å². The molecule has 2 heterocycles. The van der Waals surface area contributed by atoms with Crippen LogP contribution in [0.15, 0.2) is 106 Å². The van der Waals surface area contributed by atoms with E-state index in [0.29, 0.717) is 0 Å². The van der Waals surface area contributed by atoms with Crippen molar-refractivity contribution in [3.05, 3.63) is 106 Å². The van der Waals surface area contributed by atoms with E-state index in [1.54, 1.807) is 22.7 Å². The summed E-state index contributed by atoms with van der Waals surface area (Å²) in [5.41, 5.74) is 0. The Morgan fingerprint density at radius 1 is 0.375 bits per heavy atom. The lowest BCUT2D eigenvalue weighted by Crippen LogP contribution is -1.74. The van der Waals surface area contributed by atoms with Crippen molar-refractivity contribution in [1.82, 2.24) is 0 Å². The highest BCUT2D eigenvalue weighted by molar-refractivity contribution is 7.08. The third-order valence-electron chi connectivity index (χ3n) is 3.46. The number of hydrogen-bond acceptors (Lipinski definition) is 2. The van der Waals surface area contributed by atoms with Crippen LogP contribution < -0.4 is 0 Å². The average molecular weight is 347 g/mol. The number of benzene rings is 3. The summed E-state index contributed by atoms with van der Waals surface area (Å²) < 4.78 is 0. The monoisotopic (exact) mass is 346 g/mol. The third kappa shape index (κ3) is 4.79. The van der Waals surface area contributed by atoms with Crippen molar-refractivity contribution in [2.24, 2.45) is 0 Å². The Kier molecular flexibility index (Phi) is 6.18. The molecule has 0 nitrogen and oxygen atoms in total. The molecule has 0 atom stereocenters. The van der Waals surface area contributed by atoms with Gasteiger partial charge in [-0.05, 0) is 55.2 Å². The van der Waals surface area contributed by atoms with E-state index in [1.807, 2.05) is 45.8 Å². The molecule has 0 unspecified atom stereocenters. The van der Waals surface area contributed by atoms with Gasteiger partial charge in [-0.3, -0.25) is 0 Å². The molecule has 0 aliphatic carbocycles. The van der Waals surface area contributed by atoms with Gasteiger partial charge in [0.25, 0.3) is 0 Å². The Bertz CT molecular complexity index is 786. The van der Waals surface area contributed by atoms with Gasteiger partial charge in [0.2, 0.25) is 0 Å². The zero-order valence-electron chi connectivity index (χ0n) is 13.2. The Morgan fingerprint density at radius 2 is 0.667 bits per heavy atom. The van der Waals surface area contributed by atoms with E-state index in [2.05, 4.69) is 60.7 Å². The minimum atomic E-state index is 1.31. The van der Waals surface area contributed by atoms with Crippen LogP contribution in [0.2, 0.25) is 0 Å². The van der Waals surface area contributed by atoms with Crippen molar-refractivity contribution in [2.45, 2.75) is 0 Å². The summed E-state index contributed by atoms with van der Waals surface area (Å²) >= 11 is 3.43. The highest BCUT2D eigenvalue weighted by Crippen LogP contribution is 2.21. The van der Waals surface area contributed by atoms with E-state index in [-0.39, 0.29) is 0 Å². The van der Waals surface area contributed by atoms with Crippen molar-refractivity contribution >= 4 is 44.2 Å². The molecule has 0 saturated carbocycles. The summed E-state index contributed by atoms with van der Waals surface area (Å²) in [6, 6.07) is 29.5. The molecule has 0 aliphatic rings. The first kappa shape index (κ1) is 16.4. The van der Waals surface area contributed by atoms with Gasteiger partial charge in [0.15, 0.2) is 0 Å². The van der Waals surface area contributed by atoms with Gasteiger partial charge in [-0.2, -0.15) is 22.7 Å². The lowest BCUT2D eigenvalue weighted by Gasteiger charge is -2.00. The SMILES string of the molecule is c1ccc2cc3ccccc3cc2c1.c1ccsc1.c1ccsc1. The summed E-state index contributed by atoms with van der Waals surface area (Å²) in [5.74, 6) is 0. The van der Waals surface area contributed by atoms with Crippen molar-refractivity contribution in [3.8, 4) is 0 Å². The molecule has 0 fully saturated rings. The topological polar surface area (TPSA) is 0 Å². The Balaban J connectivity index is 0.000000138. The summed E-state index contributed by atoms with van der Waals surface area (Å²) in [6.07, 6.45) is 0. The highest BCUT2D eigenvalue weighted by Gasteiger charge is 1.95. The molecular formula is C22H18S2. The molecule has 0 amide bonds. The fourth-order valence-corrected chi connectivity index (χ4v) is 3.24. The highest BCUT2D eigenvalue weighted by atomic mass is 32.1. The molecule has 5 rings (SSSR count). The second-order valence-electron chi connectivity index (χ2n) is 5.13. The maximum absolute atomic E-state index is 2.24. The smallest absolute Gasteiger partial charge is 0.00934 e. The molecule has 0 N–H and O–H groups in total. The molecule has 2 heteroatoms. The van der Waals surface area contributed by atoms with Gasteiger partial charge < -0.3 is 0 Å². The number of thiophene rings is 2. The van der Waals surface area contributed by atoms with Crippen LogP contribution in [-0.4, -0.2) is 0 Å². The van der Waals surface area contributed by atoms with Gasteiger partial charge in [-0.25, -0.2) is 0 Å². The zero-order chi connectivity index (χ0) is 16.5. The van der Waals surface area contributed by atoms with Crippen LogP contribution in [0.3, 0.4) is 0 Å². The number of hydrogen-bond donors (Lipinski definition) is 0. The van der Waals surface area contributed by atoms with Gasteiger partial charge in [-0.15, -0.1) is 0 Å². The van der Waals surface area contributed by atoms with Gasteiger partial charge in [0.1, 0.15) is 0 Å². The fourth-order valence-electron chi connectivity index (χ4n) is 2.34. The molecule has 5 aromatic rings. The number of rotatable bonds is 0. The molecule has 0 spiro atoms. The fraction of sp³-hybridized carbons (Fsp3) is 0. The van der Waals surface area contributed by atoms with Gasteiger partial charge in [0.05, 0.1) is 0 Å². The minimum Gasteiger partial charge on any atom is -0.152 e. The minimum absolute atomic E-state index is 1.31. The van der Waals surface area contributed by atoms with Crippen LogP contribution in [0.5, 0.6) is 0 Å². The zero-order valence-corrected chi connectivity index (χ0v) is 14.8. The summed E-state index contributed by atoms with van der Waals surface area (Å²) in [7, 11) is 0. The second kappa shape index (κ2) is 9.02. The van der Waals surface area contributed by atoms with Crippen LogP contribution in [0.1, 0.15) is 0 Å². The standard InChI is InChI=1S/C14H10.2C4H4S/c1-2-6-12-10-14-8-4-3-7-13(14)9-11(12)5-1;2*1-2-4-5-3-1/h1-10H;2*1-4H. The van der Waals surface area contributed by atoms with Crippen molar-refractivity contribution in [1.29, 1.82) is 0 Å². The molecule has 3 aromatic carbocycles.